The number of rotatable bonds is 4. The van der Waals surface area contributed by atoms with Gasteiger partial charge in [-0.25, -0.2) is 9.97 Å². The van der Waals surface area contributed by atoms with Crippen LogP contribution in [0.25, 0.3) is 121 Å². The summed E-state index contributed by atoms with van der Waals surface area (Å²) in [5.41, 5.74) is 12.3. The van der Waals surface area contributed by atoms with E-state index in [1.165, 1.54) is 11.1 Å². The smallest absolute Gasteiger partial charge is 0.235 e. The van der Waals surface area contributed by atoms with Crippen LogP contribution in [-0.4, -0.2) is 19.1 Å². The molecule has 0 amide bonds. The molecule has 13 aromatic rings. The average molecular weight is 753 g/mol. The van der Waals surface area contributed by atoms with Crippen molar-refractivity contribution in [1.29, 1.82) is 0 Å². The van der Waals surface area contributed by atoms with E-state index in [1.54, 1.807) is 0 Å². The SMILES string of the molecule is c1ccc(-c2ccc(-n3c4ccccc4c4c3ccc3c5c6oc7ccccc7c6ccc5n(-c5nc(-c6ccccc6)c6ccc7ccccc7c6n5)c34)cc2)cc1. The van der Waals surface area contributed by atoms with Crippen LogP contribution in [0, 0.1) is 0 Å². The lowest BCUT2D eigenvalue weighted by atomic mass is 10.0. The number of hydrogen-bond donors (Lipinski definition) is 0. The van der Waals surface area contributed by atoms with E-state index in [0.29, 0.717) is 5.95 Å². The second-order valence-corrected chi connectivity index (χ2v) is 15.3. The quantitative estimate of drug-likeness (QED) is 0.168. The van der Waals surface area contributed by atoms with Crippen molar-refractivity contribution in [3.05, 3.63) is 194 Å². The molecule has 0 bridgehead atoms. The predicted octanol–water partition coefficient (Wildman–Crippen LogP) is 14.2. The molecule has 0 aliphatic carbocycles. The van der Waals surface area contributed by atoms with Crippen LogP contribution in [0.15, 0.2) is 199 Å². The highest BCUT2D eigenvalue weighted by Gasteiger charge is 2.26. The van der Waals surface area contributed by atoms with Crippen molar-refractivity contribution in [3.63, 3.8) is 0 Å². The van der Waals surface area contributed by atoms with E-state index in [2.05, 4.69) is 197 Å². The number of para-hydroxylation sites is 2. The van der Waals surface area contributed by atoms with Gasteiger partial charge in [-0.3, -0.25) is 4.57 Å². The first-order valence-electron chi connectivity index (χ1n) is 20.0. The molecule has 4 aromatic heterocycles. The first-order valence-corrected chi connectivity index (χ1v) is 20.0. The van der Waals surface area contributed by atoms with E-state index < -0.39 is 0 Å². The van der Waals surface area contributed by atoms with Crippen molar-refractivity contribution < 1.29 is 4.42 Å². The number of fused-ring (bicyclic) bond motifs is 14. The van der Waals surface area contributed by atoms with Gasteiger partial charge in [-0.05, 0) is 71.1 Å². The Bertz CT molecular complexity index is 3820. The van der Waals surface area contributed by atoms with E-state index >= 15 is 0 Å². The van der Waals surface area contributed by atoms with Crippen molar-refractivity contribution in [1.82, 2.24) is 19.1 Å². The van der Waals surface area contributed by atoms with Gasteiger partial charge in [-0.2, -0.15) is 0 Å². The van der Waals surface area contributed by atoms with Gasteiger partial charge in [0.1, 0.15) is 11.2 Å². The maximum Gasteiger partial charge on any atom is 0.235 e. The maximum atomic E-state index is 6.81. The molecular weight excluding hydrogens is 721 g/mol. The highest BCUT2D eigenvalue weighted by molar-refractivity contribution is 6.31. The highest BCUT2D eigenvalue weighted by Crippen LogP contribution is 2.46. The molecule has 0 spiro atoms. The van der Waals surface area contributed by atoms with E-state index in [9.17, 15) is 0 Å². The van der Waals surface area contributed by atoms with Crippen molar-refractivity contribution in [2.45, 2.75) is 0 Å². The summed E-state index contributed by atoms with van der Waals surface area (Å²) in [5, 5.41) is 9.84. The van der Waals surface area contributed by atoms with Crippen molar-refractivity contribution in [2.24, 2.45) is 0 Å². The van der Waals surface area contributed by atoms with Gasteiger partial charge in [-0.15, -0.1) is 0 Å². The van der Waals surface area contributed by atoms with Crippen LogP contribution in [0.5, 0.6) is 0 Å². The largest absolute Gasteiger partial charge is 0.455 e. The van der Waals surface area contributed by atoms with Gasteiger partial charge in [0.15, 0.2) is 0 Å². The number of nitrogens with zero attached hydrogens (tertiary/aromatic N) is 4. The Morgan fingerprint density at radius 3 is 1.81 bits per heavy atom. The Balaban J connectivity index is 1.20. The standard InChI is InChI=1S/C54H32N4O/c1-3-13-33(14-4-1)34-23-26-37(27-24-34)57-44-21-11-9-20-41(44)48-45(57)32-30-42-49-46(31-29-40-39-19-10-12-22-47(39)59-53(40)49)58(52(42)48)54-55-50(36-16-5-2-6-17-36)43-28-25-35-15-7-8-18-38(35)51(43)56-54/h1-32H. The van der Waals surface area contributed by atoms with Crippen LogP contribution in [0.1, 0.15) is 0 Å². The molecular formula is C54H32N4O. The molecule has 274 valence electrons. The normalized spacial score (nSPS) is 12.1. The molecule has 0 fully saturated rings. The Morgan fingerprint density at radius 2 is 1.00 bits per heavy atom. The third-order valence-corrected chi connectivity index (χ3v) is 12.1. The van der Waals surface area contributed by atoms with Gasteiger partial charge in [0.2, 0.25) is 5.95 Å². The Morgan fingerprint density at radius 1 is 0.373 bits per heavy atom. The summed E-state index contributed by atoms with van der Waals surface area (Å²) >= 11 is 0. The highest BCUT2D eigenvalue weighted by atomic mass is 16.3. The summed E-state index contributed by atoms with van der Waals surface area (Å²) in [7, 11) is 0. The average Bonchev–Trinajstić information content (AvgIpc) is 3.97. The van der Waals surface area contributed by atoms with Gasteiger partial charge in [0, 0.05) is 49.0 Å². The second kappa shape index (κ2) is 12.2. The molecule has 0 saturated carbocycles. The summed E-state index contributed by atoms with van der Waals surface area (Å²) < 4.78 is 11.5. The van der Waals surface area contributed by atoms with Crippen molar-refractivity contribution in [3.8, 4) is 34.0 Å². The number of hydrogen-bond acceptors (Lipinski definition) is 3. The Hall–Kier alpha value is -8.02. The molecule has 4 heterocycles. The van der Waals surface area contributed by atoms with Gasteiger partial charge in [0.05, 0.1) is 38.7 Å². The lowest BCUT2D eigenvalue weighted by Gasteiger charge is -2.14. The molecule has 0 saturated heterocycles. The fourth-order valence-corrected chi connectivity index (χ4v) is 9.51. The fourth-order valence-electron chi connectivity index (χ4n) is 9.51. The number of aromatic nitrogens is 4. The molecule has 0 aliphatic rings. The summed E-state index contributed by atoms with van der Waals surface area (Å²) in [6.07, 6.45) is 0. The summed E-state index contributed by atoms with van der Waals surface area (Å²) in [5.74, 6) is 0.611. The van der Waals surface area contributed by atoms with E-state index in [0.717, 1.165) is 104 Å². The third kappa shape index (κ3) is 4.61. The summed E-state index contributed by atoms with van der Waals surface area (Å²) in [4.78, 5) is 11.1. The van der Waals surface area contributed by atoms with Gasteiger partial charge >= 0.3 is 0 Å². The van der Waals surface area contributed by atoms with Crippen LogP contribution in [0.3, 0.4) is 0 Å². The van der Waals surface area contributed by atoms with E-state index in [-0.39, 0.29) is 0 Å². The first kappa shape index (κ1) is 32.1. The molecule has 0 N–H and O–H groups in total. The topological polar surface area (TPSA) is 48.8 Å². The number of furan rings is 1. The van der Waals surface area contributed by atoms with Crippen molar-refractivity contribution in [2.75, 3.05) is 0 Å². The van der Waals surface area contributed by atoms with Crippen molar-refractivity contribution >= 4 is 87.2 Å². The number of benzene rings is 9. The molecule has 13 rings (SSSR count). The Labute approximate surface area is 337 Å². The Kier molecular flexibility index (Phi) is 6.66. The summed E-state index contributed by atoms with van der Waals surface area (Å²) in [6.45, 7) is 0. The predicted molar refractivity (Wildman–Crippen MR) is 244 cm³/mol. The van der Waals surface area contributed by atoms with Gasteiger partial charge < -0.3 is 8.98 Å². The fraction of sp³-hybridized carbons (Fsp3) is 0. The molecule has 0 radical (unpaired) electrons. The first-order chi connectivity index (χ1) is 29.3. The van der Waals surface area contributed by atoms with Crippen LogP contribution in [0.4, 0.5) is 0 Å². The second-order valence-electron chi connectivity index (χ2n) is 15.3. The lowest BCUT2D eigenvalue weighted by molar-refractivity contribution is 0.673. The maximum absolute atomic E-state index is 6.81. The zero-order valence-electron chi connectivity index (χ0n) is 31.7. The van der Waals surface area contributed by atoms with Crippen LogP contribution in [-0.2, 0) is 0 Å². The molecule has 9 aromatic carbocycles. The van der Waals surface area contributed by atoms with Gasteiger partial charge in [0.25, 0.3) is 0 Å². The minimum absolute atomic E-state index is 0.611. The molecule has 0 atom stereocenters. The lowest BCUT2D eigenvalue weighted by Crippen LogP contribution is -2.04. The van der Waals surface area contributed by atoms with Gasteiger partial charge in [-0.1, -0.05) is 140 Å². The zero-order valence-corrected chi connectivity index (χ0v) is 31.7. The molecule has 0 aliphatic heterocycles. The molecule has 5 nitrogen and oxygen atoms in total. The third-order valence-electron chi connectivity index (χ3n) is 12.1. The minimum atomic E-state index is 0.611. The summed E-state index contributed by atoms with van der Waals surface area (Å²) in [6, 6.07) is 68.8. The molecule has 0 unspecified atom stereocenters. The zero-order chi connectivity index (χ0) is 38.6. The van der Waals surface area contributed by atoms with E-state index in [4.69, 9.17) is 14.4 Å². The van der Waals surface area contributed by atoms with Crippen LogP contribution < -0.4 is 0 Å². The molecule has 5 heteroatoms. The monoisotopic (exact) mass is 752 g/mol. The van der Waals surface area contributed by atoms with E-state index in [1.807, 2.05) is 6.07 Å². The van der Waals surface area contributed by atoms with Crippen LogP contribution >= 0.6 is 0 Å². The van der Waals surface area contributed by atoms with Crippen LogP contribution in [0.2, 0.25) is 0 Å². The minimum Gasteiger partial charge on any atom is -0.455 e. The molecule has 59 heavy (non-hydrogen) atoms.